The Labute approximate surface area is 108 Å². The fourth-order valence-electron chi connectivity index (χ4n) is 2.60. The number of hydrogen-bond donors (Lipinski definition) is 2. The molecule has 108 valence electrons. The molecular formula is C13H25F3N2. The molecule has 18 heavy (non-hydrogen) atoms. The SMILES string of the molecule is CCNCCCNCC1CCCC(C(F)(F)F)C1. The van der Waals surface area contributed by atoms with E-state index in [4.69, 9.17) is 0 Å². The van der Waals surface area contributed by atoms with E-state index in [-0.39, 0.29) is 5.92 Å². The standard InChI is InChI=1S/C13H25F3N2/c1-2-17-7-4-8-18-10-11-5-3-6-12(9-11)13(14,15)16/h11-12,17-18H,2-10H2,1H3. The Bertz CT molecular complexity index is 219. The molecule has 1 rings (SSSR count). The van der Waals surface area contributed by atoms with Gasteiger partial charge in [-0.1, -0.05) is 13.3 Å². The van der Waals surface area contributed by atoms with Crippen molar-refractivity contribution in [1.29, 1.82) is 0 Å². The summed E-state index contributed by atoms with van der Waals surface area (Å²) in [7, 11) is 0. The van der Waals surface area contributed by atoms with Crippen LogP contribution in [0.1, 0.15) is 39.0 Å². The van der Waals surface area contributed by atoms with E-state index in [1.165, 1.54) is 0 Å². The normalized spacial score (nSPS) is 25.3. The second-order valence-corrected chi connectivity index (χ2v) is 5.18. The highest BCUT2D eigenvalue weighted by Gasteiger charge is 2.41. The molecule has 1 saturated carbocycles. The number of hydrogen-bond acceptors (Lipinski definition) is 2. The van der Waals surface area contributed by atoms with Gasteiger partial charge in [0.05, 0.1) is 5.92 Å². The molecule has 5 heteroatoms. The molecule has 0 amide bonds. The van der Waals surface area contributed by atoms with Crippen molar-refractivity contribution in [2.45, 2.75) is 45.2 Å². The summed E-state index contributed by atoms with van der Waals surface area (Å²) >= 11 is 0. The lowest BCUT2D eigenvalue weighted by Crippen LogP contribution is -2.34. The molecule has 2 unspecified atom stereocenters. The molecule has 0 heterocycles. The highest BCUT2D eigenvalue weighted by Crippen LogP contribution is 2.39. The lowest BCUT2D eigenvalue weighted by Gasteiger charge is -2.30. The van der Waals surface area contributed by atoms with E-state index in [1.54, 1.807) is 0 Å². The summed E-state index contributed by atoms with van der Waals surface area (Å²) in [6.45, 7) is 5.63. The monoisotopic (exact) mass is 266 g/mol. The Balaban J connectivity index is 2.11. The molecule has 0 spiro atoms. The molecule has 2 nitrogen and oxygen atoms in total. The van der Waals surface area contributed by atoms with Crippen molar-refractivity contribution in [3.63, 3.8) is 0 Å². The molecular weight excluding hydrogens is 241 g/mol. The first-order valence-corrected chi connectivity index (χ1v) is 7.02. The van der Waals surface area contributed by atoms with Gasteiger partial charge in [-0.15, -0.1) is 0 Å². The molecule has 0 aromatic rings. The van der Waals surface area contributed by atoms with Gasteiger partial charge in [-0.25, -0.2) is 0 Å². The van der Waals surface area contributed by atoms with Crippen molar-refractivity contribution in [1.82, 2.24) is 10.6 Å². The molecule has 0 radical (unpaired) electrons. The van der Waals surface area contributed by atoms with Gasteiger partial charge in [-0.05, 0) is 57.8 Å². The minimum Gasteiger partial charge on any atom is -0.317 e. The third-order valence-electron chi connectivity index (χ3n) is 3.64. The van der Waals surface area contributed by atoms with E-state index in [2.05, 4.69) is 17.6 Å². The van der Waals surface area contributed by atoms with Crippen molar-refractivity contribution < 1.29 is 13.2 Å². The largest absolute Gasteiger partial charge is 0.391 e. The van der Waals surface area contributed by atoms with Crippen molar-refractivity contribution >= 4 is 0 Å². The van der Waals surface area contributed by atoms with Gasteiger partial charge in [0.15, 0.2) is 0 Å². The molecule has 1 aliphatic rings. The van der Waals surface area contributed by atoms with E-state index in [0.717, 1.165) is 39.0 Å². The van der Waals surface area contributed by atoms with Crippen LogP contribution < -0.4 is 10.6 Å². The fourth-order valence-corrected chi connectivity index (χ4v) is 2.60. The Kier molecular flexibility index (Phi) is 7.00. The smallest absolute Gasteiger partial charge is 0.317 e. The van der Waals surface area contributed by atoms with Crippen LogP contribution in [0.4, 0.5) is 13.2 Å². The van der Waals surface area contributed by atoms with Crippen LogP contribution in [0.2, 0.25) is 0 Å². The van der Waals surface area contributed by atoms with Crippen LogP contribution in [0.5, 0.6) is 0 Å². The Morgan fingerprint density at radius 3 is 2.50 bits per heavy atom. The van der Waals surface area contributed by atoms with Gasteiger partial charge in [0.2, 0.25) is 0 Å². The highest BCUT2D eigenvalue weighted by molar-refractivity contribution is 4.78. The average molecular weight is 266 g/mol. The lowest BCUT2D eigenvalue weighted by molar-refractivity contribution is -0.185. The Morgan fingerprint density at radius 2 is 1.83 bits per heavy atom. The van der Waals surface area contributed by atoms with E-state index in [1.807, 2.05) is 0 Å². The predicted molar refractivity (Wildman–Crippen MR) is 67.5 cm³/mol. The van der Waals surface area contributed by atoms with Crippen molar-refractivity contribution in [3.05, 3.63) is 0 Å². The van der Waals surface area contributed by atoms with E-state index < -0.39 is 12.1 Å². The summed E-state index contributed by atoms with van der Waals surface area (Å²) in [6, 6.07) is 0. The van der Waals surface area contributed by atoms with E-state index >= 15 is 0 Å². The van der Waals surface area contributed by atoms with Gasteiger partial charge in [-0.2, -0.15) is 13.2 Å². The van der Waals surface area contributed by atoms with Gasteiger partial charge in [0, 0.05) is 0 Å². The second kappa shape index (κ2) is 8.00. The molecule has 1 fully saturated rings. The third kappa shape index (κ3) is 6.05. The number of halogens is 3. The van der Waals surface area contributed by atoms with Gasteiger partial charge in [0.25, 0.3) is 0 Å². The molecule has 0 bridgehead atoms. The van der Waals surface area contributed by atoms with Crippen LogP contribution in [0.15, 0.2) is 0 Å². The van der Waals surface area contributed by atoms with Gasteiger partial charge >= 0.3 is 6.18 Å². The fraction of sp³-hybridized carbons (Fsp3) is 1.00. The van der Waals surface area contributed by atoms with Gasteiger partial charge in [0.1, 0.15) is 0 Å². The number of alkyl halides is 3. The summed E-state index contributed by atoms with van der Waals surface area (Å²) < 4.78 is 37.8. The summed E-state index contributed by atoms with van der Waals surface area (Å²) in [6.07, 6.45) is -0.683. The average Bonchev–Trinajstić information content (AvgIpc) is 2.33. The zero-order valence-corrected chi connectivity index (χ0v) is 11.2. The Morgan fingerprint density at radius 1 is 1.11 bits per heavy atom. The maximum Gasteiger partial charge on any atom is 0.391 e. The third-order valence-corrected chi connectivity index (χ3v) is 3.64. The van der Waals surface area contributed by atoms with Crippen LogP contribution in [-0.2, 0) is 0 Å². The topological polar surface area (TPSA) is 24.1 Å². The van der Waals surface area contributed by atoms with Crippen molar-refractivity contribution in [2.75, 3.05) is 26.2 Å². The maximum atomic E-state index is 12.6. The lowest BCUT2D eigenvalue weighted by atomic mass is 9.81. The van der Waals surface area contributed by atoms with E-state index in [9.17, 15) is 13.2 Å². The minimum atomic E-state index is -4.00. The van der Waals surface area contributed by atoms with Crippen LogP contribution in [0, 0.1) is 11.8 Å². The molecule has 0 aliphatic heterocycles. The molecule has 0 aromatic heterocycles. The molecule has 2 N–H and O–H groups in total. The quantitative estimate of drug-likeness (QED) is 0.692. The first-order chi connectivity index (χ1) is 8.54. The molecule has 0 aromatic carbocycles. The van der Waals surface area contributed by atoms with Crippen LogP contribution in [-0.4, -0.2) is 32.4 Å². The van der Waals surface area contributed by atoms with Crippen molar-refractivity contribution in [3.8, 4) is 0 Å². The molecule has 0 saturated heterocycles. The zero-order valence-electron chi connectivity index (χ0n) is 11.2. The van der Waals surface area contributed by atoms with Crippen LogP contribution in [0.25, 0.3) is 0 Å². The van der Waals surface area contributed by atoms with Gasteiger partial charge < -0.3 is 10.6 Å². The summed E-state index contributed by atoms with van der Waals surface area (Å²) in [5.74, 6) is -0.871. The van der Waals surface area contributed by atoms with Crippen molar-refractivity contribution in [2.24, 2.45) is 11.8 Å². The summed E-state index contributed by atoms with van der Waals surface area (Å²) in [4.78, 5) is 0. The number of nitrogens with one attached hydrogen (secondary N) is 2. The molecule has 2 atom stereocenters. The second-order valence-electron chi connectivity index (χ2n) is 5.18. The predicted octanol–water partition coefficient (Wildman–Crippen LogP) is 2.94. The Hall–Kier alpha value is -0.290. The highest BCUT2D eigenvalue weighted by atomic mass is 19.4. The summed E-state index contributed by atoms with van der Waals surface area (Å²) in [5, 5.41) is 6.50. The van der Waals surface area contributed by atoms with Gasteiger partial charge in [-0.3, -0.25) is 0 Å². The van der Waals surface area contributed by atoms with Crippen LogP contribution in [0.3, 0.4) is 0 Å². The summed E-state index contributed by atoms with van der Waals surface area (Å²) in [5.41, 5.74) is 0. The van der Waals surface area contributed by atoms with Crippen LogP contribution >= 0.6 is 0 Å². The number of rotatable bonds is 7. The van der Waals surface area contributed by atoms with E-state index in [0.29, 0.717) is 19.3 Å². The first kappa shape index (κ1) is 15.8. The minimum absolute atomic E-state index is 0.199. The first-order valence-electron chi connectivity index (χ1n) is 7.02. The molecule has 1 aliphatic carbocycles. The maximum absolute atomic E-state index is 12.6. The zero-order chi connectivity index (χ0) is 13.4.